The van der Waals surface area contributed by atoms with Gasteiger partial charge in [-0.05, 0) is 24.6 Å². The van der Waals surface area contributed by atoms with E-state index in [4.69, 9.17) is 0 Å². The zero-order chi connectivity index (χ0) is 21.1. The van der Waals surface area contributed by atoms with Gasteiger partial charge in [-0.1, -0.05) is 30.3 Å². The van der Waals surface area contributed by atoms with Crippen molar-refractivity contribution in [3.8, 4) is 6.07 Å². The summed E-state index contributed by atoms with van der Waals surface area (Å²) in [6.45, 7) is 2.45. The predicted molar refractivity (Wildman–Crippen MR) is 111 cm³/mol. The van der Waals surface area contributed by atoms with Crippen molar-refractivity contribution in [1.82, 2.24) is 9.47 Å². The number of hydrogen-bond donors (Lipinski definition) is 0. The first-order valence-corrected chi connectivity index (χ1v) is 8.98. The summed E-state index contributed by atoms with van der Waals surface area (Å²) in [4.78, 5) is 24.1. The van der Waals surface area contributed by atoms with Crippen molar-refractivity contribution in [2.24, 2.45) is 0 Å². The number of hydrogen-bond acceptors (Lipinski definition) is 4. The summed E-state index contributed by atoms with van der Waals surface area (Å²) < 4.78 is 2.08. The van der Waals surface area contributed by atoms with Crippen molar-refractivity contribution < 1.29 is 9.72 Å². The van der Waals surface area contributed by atoms with Gasteiger partial charge in [-0.25, -0.2) is 0 Å². The Morgan fingerprint density at radius 2 is 1.86 bits per heavy atom. The van der Waals surface area contributed by atoms with E-state index in [-0.39, 0.29) is 17.2 Å². The molecule has 7 heteroatoms. The second-order valence-electron chi connectivity index (χ2n) is 6.90. The molecule has 3 rings (SSSR count). The van der Waals surface area contributed by atoms with E-state index >= 15 is 0 Å². The third kappa shape index (κ3) is 3.87. The molecule has 0 aliphatic heterocycles. The maximum absolute atomic E-state index is 12.3. The summed E-state index contributed by atoms with van der Waals surface area (Å²) in [7, 11) is 3.22. The lowest BCUT2D eigenvalue weighted by Gasteiger charge is -2.10. The molecule has 0 atom stereocenters. The van der Waals surface area contributed by atoms with Crippen molar-refractivity contribution in [3.05, 3.63) is 81.0 Å². The SMILES string of the molecule is Cc1c(/C=C(/C#N)C(=O)N(C)C)c2ccccc2n1Cc1ccc([N+](=O)[O-])cc1. The molecule has 0 aliphatic carbocycles. The standard InChI is InChI=1S/C22H20N4O3/c1-15-20(12-17(13-23)22(27)24(2)3)19-6-4-5-7-21(19)25(15)14-16-8-10-18(11-9-16)26(28)29/h4-12H,14H2,1-3H3/b17-12-. The minimum atomic E-state index is -0.422. The average molecular weight is 388 g/mol. The fourth-order valence-electron chi connectivity index (χ4n) is 3.28. The monoisotopic (exact) mass is 388 g/mol. The Morgan fingerprint density at radius 1 is 1.21 bits per heavy atom. The highest BCUT2D eigenvalue weighted by Crippen LogP contribution is 2.29. The van der Waals surface area contributed by atoms with E-state index < -0.39 is 4.92 Å². The molecule has 1 aromatic heterocycles. The number of nitrogens with zero attached hydrogens (tertiary/aromatic N) is 4. The highest BCUT2D eigenvalue weighted by atomic mass is 16.6. The molecule has 0 saturated heterocycles. The fourth-order valence-corrected chi connectivity index (χ4v) is 3.28. The number of likely N-dealkylation sites (N-methyl/N-ethyl adjacent to an activating group) is 1. The van der Waals surface area contributed by atoms with Gasteiger partial charge in [0.05, 0.1) is 4.92 Å². The van der Waals surface area contributed by atoms with Gasteiger partial charge in [0.25, 0.3) is 11.6 Å². The number of nitro groups is 1. The van der Waals surface area contributed by atoms with E-state index in [2.05, 4.69) is 4.57 Å². The van der Waals surface area contributed by atoms with Crippen molar-refractivity contribution in [3.63, 3.8) is 0 Å². The van der Waals surface area contributed by atoms with Gasteiger partial charge in [0.2, 0.25) is 0 Å². The summed E-state index contributed by atoms with van der Waals surface area (Å²) >= 11 is 0. The van der Waals surface area contributed by atoms with Crippen molar-refractivity contribution in [2.75, 3.05) is 14.1 Å². The third-order valence-corrected chi connectivity index (χ3v) is 4.81. The lowest BCUT2D eigenvalue weighted by molar-refractivity contribution is -0.384. The van der Waals surface area contributed by atoms with Crippen LogP contribution in [0.2, 0.25) is 0 Å². The second kappa shape index (κ2) is 7.98. The Bertz CT molecular complexity index is 1170. The second-order valence-corrected chi connectivity index (χ2v) is 6.90. The van der Waals surface area contributed by atoms with Crippen LogP contribution in [0.5, 0.6) is 0 Å². The number of nitro benzene ring substituents is 1. The van der Waals surface area contributed by atoms with Gasteiger partial charge >= 0.3 is 0 Å². The van der Waals surface area contributed by atoms with Crippen LogP contribution >= 0.6 is 0 Å². The number of para-hydroxylation sites is 1. The minimum Gasteiger partial charge on any atom is -0.344 e. The van der Waals surface area contributed by atoms with Crippen LogP contribution in [0.15, 0.2) is 54.1 Å². The number of carbonyl (C=O) groups excluding carboxylic acids is 1. The largest absolute Gasteiger partial charge is 0.344 e. The molecule has 3 aromatic rings. The Balaban J connectivity index is 2.10. The highest BCUT2D eigenvalue weighted by Gasteiger charge is 2.17. The molecule has 146 valence electrons. The van der Waals surface area contributed by atoms with E-state index in [0.29, 0.717) is 6.54 Å². The van der Waals surface area contributed by atoms with E-state index in [1.165, 1.54) is 17.0 Å². The van der Waals surface area contributed by atoms with Gasteiger partial charge in [-0.15, -0.1) is 0 Å². The molecule has 0 spiro atoms. The molecule has 7 nitrogen and oxygen atoms in total. The Hall–Kier alpha value is -3.92. The molecule has 29 heavy (non-hydrogen) atoms. The zero-order valence-electron chi connectivity index (χ0n) is 16.4. The van der Waals surface area contributed by atoms with Crippen molar-refractivity contribution in [1.29, 1.82) is 5.26 Å². The van der Waals surface area contributed by atoms with Crippen LogP contribution in [0.1, 0.15) is 16.8 Å². The molecule has 1 heterocycles. The maximum atomic E-state index is 12.3. The van der Waals surface area contributed by atoms with Gasteiger partial charge in [-0.3, -0.25) is 14.9 Å². The molecule has 0 radical (unpaired) electrons. The van der Waals surface area contributed by atoms with Gasteiger partial charge in [0, 0.05) is 54.9 Å². The van der Waals surface area contributed by atoms with E-state index in [1.807, 2.05) is 37.3 Å². The summed E-state index contributed by atoms with van der Waals surface area (Å²) in [5.74, 6) is -0.348. The minimum absolute atomic E-state index is 0.0484. The van der Waals surface area contributed by atoms with Crippen molar-refractivity contribution >= 4 is 28.6 Å². The first kappa shape index (κ1) is 19.8. The van der Waals surface area contributed by atoms with Crippen molar-refractivity contribution in [2.45, 2.75) is 13.5 Å². The van der Waals surface area contributed by atoms with E-state index in [9.17, 15) is 20.2 Å². The molecule has 2 aromatic carbocycles. The van der Waals surface area contributed by atoms with Crippen LogP contribution < -0.4 is 0 Å². The van der Waals surface area contributed by atoms with Crippen LogP contribution in [0, 0.1) is 28.4 Å². The van der Waals surface area contributed by atoms with Crippen LogP contribution in [-0.2, 0) is 11.3 Å². The molecule has 0 bridgehead atoms. The molecular formula is C22H20N4O3. The topological polar surface area (TPSA) is 92.2 Å². The Kier molecular flexibility index (Phi) is 5.46. The van der Waals surface area contributed by atoms with Crippen LogP contribution in [0.25, 0.3) is 17.0 Å². The molecule has 0 saturated carbocycles. The third-order valence-electron chi connectivity index (χ3n) is 4.81. The zero-order valence-corrected chi connectivity index (χ0v) is 16.4. The number of fused-ring (bicyclic) bond motifs is 1. The molecule has 0 aliphatic rings. The number of nitriles is 1. The van der Waals surface area contributed by atoms with Gasteiger partial charge < -0.3 is 9.47 Å². The van der Waals surface area contributed by atoms with Gasteiger partial charge in [0.1, 0.15) is 11.6 Å². The van der Waals surface area contributed by atoms with Crippen LogP contribution in [0.4, 0.5) is 5.69 Å². The molecule has 0 N–H and O–H groups in total. The number of amides is 1. The summed E-state index contributed by atoms with van der Waals surface area (Å²) in [6, 6.07) is 16.2. The highest BCUT2D eigenvalue weighted by molar-refractivity contribution is 6.04. The maximum Gasteiger partial charge on any atom is 0.269 e. The van der Waals surface area contributed by atoms with E-state index in [1.54, 1.807) is 32.3 Å². The van der Waals surface area contributed by atoms with Gasteiger partial charge in [-0.2, -0.15) is 5.26 Å². The first-order valence-electron chi connectivity index (χ1n) is 8.98. The number of rotatable bonds is 5. The number of non-ortho nitro benzene ring substituents is 1. The molecule has 0 unspecified atom stereocenters. The molecule has 1 amide bonds. The fraction of sp³-hybridized carbons (Fsp3) is 0.182. The smallest absolute Gasteiger partial charge is 0.269 e. The summed E-state index contributed by atoms with van der Waals surface area (Å²) in [6.07, 6.45) is 1.63. The lowest BCUT2D eigenvalue weighted by Crippen LogP contribution is -2.22. The number of benzene rings is 2. The predicted octanol–water partition coefficient (Wildman–Crippen LogP) is 3.90. The first-order chi connectivity index (χ1) is 13.8. The van der Waals surface area contributed by atoms with Gasteiger partial charge in [0.15, 0.2) is 0 Å². The van der Waals surface area contributed by atoms with E-state index in [0.717, 1.165) is 27.7 Å². The number of aromatic nitrogens is 1. The molecular weight excluding hydrogens is 368 g/mol. The number of carbonyl (C=O) groups is 1. The quantitative estimate of drug-likeness (QED) is 0.287. The summed E-state index contributed by atoms with van der Waals surface area (Å²) in [5.41, 5.74) is 3.71. The van der Waals surface area contributed by atoms with Crippen LogP contribution in [-0.4, -0.2) is 34.4 Å². The Labute approximate surface area is 168 Å². The normalized spacial score (nSPS) is 11.3. The van der Waals surface area contributed by atoms with Crippen LogP contribution in [0.3, 0.4) is 0 Å². The molecule has 0 fully saturated rings. The average Bonchev–Trinajstić information content (AvgIpc) is 2.97. The lowest BCUT2D eigenvalue weighted by atomic mass is 10.1. The Morgan fingerprint density at radius 3 is 2.45 bits per heavy atom. The summed E-state index contributed by atoms with van der Waals surface area (Å²) in [5, 5.41) is 21.3.